The van der Waals surface area contributed by atoms with E-state index in [4.69, 9.17) is 5.73 Å². The zero-order valence-corrected chi connectivity index (χ0v) is 14.1. The van der Waals surface area contributed by atoms with Crippen LogP contribution >= 0.6 is 0 Å². The molecule has 0 atom stereocenters. The molecule has 0 saturated heterocycles. The third-order valence-electron chi connectivity index (χ3n) is 5.31. The van der Waals surface area contributed by atoms with Crippen molar-refractivity contribution in [2.75, 3.05) is 5.73 Å². The minimum atomic E-state index is 0.388. The van der Waals surface area contributed by atoms with Gasteiger partial charge >= 0.3 is 0 Å². The molecule has 26 heavy (non-hydrogen) atoms. The number of nitrogens with zero attached hydrogens (tertiary/aromatic N) is 3. The Bertz CT molecular complexity index is 1140. The first-order valence-corrected chi connectivity index (χ1v) is 8.83. The number of aromatic nitrogens is 5. The van der Waals surface area contributed by atoms with Crippen molar-refractivity contribution < 1.29 is 4.79 Å². The normalized spacial score (nSPS) is 15.2. The fraction of sp³-hybridized carbons (Fsp3) is 0.263. The molecule has 5 rings (SSSR count). The third-order valence-corrected chi connectivity index (χ3v) is 5.31. The highest BCUT2D eigenvalue weighted by Gasteiger charge is 2.23. The Hall–Kier alpha value is -3.22. The van der Waals surface area contributed by atoms with Crippen molar-refractivity contribution in [2.24, 2.45) is 0 Å². The van der Waals surface area contributed by atoms with Crippen molar-refractivity contribution in [3.8, 4) is 11.3 Å². The quantitative estimate of drug-likeness (QED) is 0.491. The summed E-state index contributed by atoms with van der Waals surface area (Å²) in [6.45, 7) is 0. The molecule has 1 saturated carbocycles. The molecular weight excluding hydrogens is 328 g/mol. The molecule has 4 N–H and O–H groups in total. The molecule has 3 aromatic heterocycles. The topological polar surface area (TPSA) is 113 Å². The van der Waals surface area contributed by atoms with Crippen molar-refractivity contribution in [2.45, 2.75) is 31.6 Å². The average Bonchev–Trinajstić information content (AvgIpc) is 3.39. The van der Waals surface area contributed by atoms with Crippen LogP contribution in [0.5, 0.6) is 0 Å². The number of nitrogens with two attached hydrogens (primary N) is 1. The van der Waals surface area contributed by atoms with Gasteiger partial charge in [-0.05, 0) is 18.9 Å². The fourth-order valence-corrected chi connectivity index (χ4v) is 3.95. The van der Waals surface area contributed by atoms with E-state index in [0.29, 0.717) is 22.9 Å². The molecule has 4 aromatic rings. The first-order valence-electron chi connectivity index (χ1n) is 8.83. The molecule has 0 bridgehead atoms. The lowest BCUT2D eigenvalue weighted by Gasteiger charge is -2.08. The van der Waals surface area contributed by atoms with Gasteiger partial charge in [-0.3, -0.25) is 9.89 Å². The lowest BCUT2D eigenvalue weighted by atomic mass is 10.1. The molecule has 1 aromatic carbocycles. The summed E-state index contributed by atoms with van der Waals surface area (Å²) in [5.41, 5.74) is 10.1. The summed E-state index contributed by atoms with van der Waals surface area (Å²) in [5.74, 6) is 1.65. The molecule has 0 amide bonds. The van der Waals surface area contributed by atoms with Crippen LogP contribution in [0.15, 0.2) is 24.4 Å². The molecule has 130 valence electrons. The van der Waals surface area contributed by atoms with Gasteiger partial charge in [-0.2, -0.15) is 5.10 Å². The molecule has 0 unspecified atom stereocenters. The Balaban J connectivity index is 1.64. The highest BCUT2D eigenvalue weighted by Crippen LogP contribution is 2.36. The summed E-state index contributed by atoms with van der Waals surface area (Å²) in [6.07, 6.45) is 7.22. The van der Waals surface area contributed by atoms with Crippen LogP contribution in [0.3, 0.4) is 0 Å². The first-order chi connectivity index (χ1) is 12.7. The summed E-state index contributed by atoms with van der Waals surface area (Å²) < 4.78 is 0. The second kappa shape index (κ2) is 5.66. The fourth-order valence-electron chi connectivity index (χ4n) is 3.95. The van der Waals surface area contributed by atoms with Crippen LogP contribution in [0, 0.1) is 0 Å². The lowest BCUT2D eigenvalue weighted by molar-refractivity contribution is 0.112. The van der Waals surface area contributed by atoms with Crippen molar-refractivity contribution in [3.63, 3.8) is 0 Å². The number of benzene rings is 1. The Morgan fingerprint density at radius 1 is 1.19 bits per heavy atom. The molecule has 7 nitrogen and oxygen atoms in total. The SMILES string of the molecule is Nc1nc(C2CCCC2)nc2n[nH]c(-c3ccc4c(C=O)c[nH]c4c3)c12. The van der Waals surface area contributed by atoms with Crippen molar-refractivity contribution >= 4 is 34.0 Å². The van der Waals surface area contributed by atoms with Crippen molar-refractivity contribution in [1.29, 1.82) is 0 Å². The molecular formula is C19H18N6O. The number of hydrogen-bond donors (Lipinski definition) is 3. The van der Waals surface area contributed by atoms with E-state index >= 15 is 0 Å². The van der Waals surface area contributed by atoms with E-state index in [9.17, 15) is 4.79 Å². The van der Waals surface area contributed by atoms with E-state index < -0.39 is 0 Å². The molecule has 0 radical (unpaired) electrons. The first kappa shape index (κ1) is 15.1. The van der Waals surface area contributed by atoms with E-state index in [2.05, 4.69) is 25.1 Å². The number of aldehydes is 1. The van der Waals surface area contributed by atoms with E-state index in [0.717, 1.165) is 52.5 Å². The lowest BCUT2D eigenvalue weighted by Crippen LogP contribution is -2.04. The number of nitrogen functional groups attached to an aromatic ring is 1. The van der Waals surface area contributed by atoms with E-state index in [1.165, 1.54) is 12.8 Å². The van der Waals surface area contributed by atoms with Crippen LogP contribution in [0.2, 0.25) is 0 Å². The number of aromatic amines is 2. The Morgan fingerprint density at radius 3 is 2.85 bits per heavy atom. The Morgan fingerprint density at radius 2 is 2.04 bits per heavy atom. The van der Waals surface area contributed by atoms with Gasteiger partial charge in [0.2, 0.25) is 0 Å². The molecule has 0 aliphatic heterocycles. The summed E-state index contributed by atoms with van der Waals surface area (Å²) >= 11 is 0. The van der Waals surface area contributed by atoms with Gasteiger partial charge in [0, 0.05) is 34.1 Å². The van der Waals surface area contributed by atoms with Crippen LogP contribution in [0.1, 0.15) is 47.8 Å². The number of hydrogen-bond acceptors (Lipinski definition) is 5. The predicted molar refractivity (Wildman–Crippen MR) is 100.0 cm³/mol. The summed E-state index contributed by atoms with van der Waals surface area (Å²) in [6, 6.07) is 5.83. The van der Waals surface area contributed by atoms with Gasteiger partial charge in [-0.15, -0.1) is 0 Å². The third kappa shape index (κ3) is 2.20. The number of rotatable bonds is 3. The molecule has 1 aliphatic carbocycles. The molecule has 1 aliphatic rings. The van der Waals surface area contributed by atoms with Gasteiger partial charge in [-0.25, -0.2) is 9.97 Å². The number of fused-ring (bicyclic) bond motifs is 2. The van der Waals surface area contributed by atoms with Crippen LogP contribution in [-0.4, -0.2) is 31.4 Å². The van der Waals surface area contributed by atoms with Gasteiger partial charge in [0.05, 0.1) is 11.1 Å². The van der Waals surface area contributed by atoms with Crippen molar-refractivity contribution in [3.05, 3.63) is 35.8 Å². The van der Waals surface area contributed by atoms with Crippen LogP contribution in [0.25, 0.3) is 33.2 Å². The minimum absolute atomic E-state index is 0.388. The monoisotopic (exact) mass is 346 g/mol. The number of anilines is 1. The Kier molecular flexibility index (Phi) is 3.28. The minimum Gasteiger partial charge on any atom is -0.383 e. The standard InChI is InChI=1S/C19H18N6O/c20-17-15-16(11-5-6-13-12(9-26)8-21-14(13)7-11)24-25-19(15)23-18(22-17)10-3-1-2-4-10/h5-10,21H,1-4H2,(H3,20,22,23,24,25). The Labute approximate surface area is 149 Å². The number of carbonyl (C=O) groups is 1. The second-order valence-electron chi connectivity index (χ2n) is 6.87. The molecule has 3 heterocycles. The summed E-state index contributed by atoms with van der Waals surface area (Å²) in [5, 5.41) is 9.06. The molecule has 0 spiro atoms. The predicted octanol–water partition coefficient (Wildman–Crippen LogP) is 3.55. The summed E-state index contributed by atoms with van der Waals surface area (Å²) in [4.78, 5) is 23.4. The number of nitrogens with one attached hydrogen (secondary N) is 2. The average molecular weight is 346 g/mol. The van der Waals surface area contributed by atoms with Gasteiger partial charge in [0.15, 0.2) is 11.9 Å². The van der Waals surface area contributed by atoms with E-state index in [1.807, 2.05) is 18.2 Å². The largest absolute Gasteiger partial charge is 0.383 e. The smallest absolute Gasteiger partial charge is 0.187 e. The van der Waals surface area contributed by atoms with Crippen LogP contribution in [0.4, 0.5) is 5.82 Å². The molecule has 7 heteroatoms. The van der Waals surface area contributed by atoms with Gasteiger partial charge in [0.25, 0.3) is 0 Å². The van der Waals surface area contributed by atoms with Crippen LogP contribution in [-0.2, 0) is 0 Å². The highest BCUT2D eigenvalue weighted by molar-refractivity contribution is 6.02. The molecule has 1 fully saturated rings. The second-order valence-corrected chi connectivity index (χ2v) is 6.87. The zero-order chi connectivity index (χ0) is 17.7. The van der Waals surface area contributed by atoms with Crippen LogP contribution < -0.4 is 5.73 Å². The zero-order valence-electron chi connectivity index (χ0n) is 14.1. The van der Waals surface area contributed by atoms with E-state index in [1.54, 1.807) is 6.20 Å². The number of H-pyrrole nitrogens is 2. The van der Waals surface area contributed by atoms with Gasteiger partial charge in [-0.1, -0.05) is 25.0 Å². The maximum absolute atomic E-state index is 11.1. The maximum atomic E-state index is 11.1. The van der Waals surface area contributed by atoms with E-state index in [-0.39, 0.29) is 0 Å². The van der Waals surface area contributed by atoms with Crippen molar-refractivity contribution in [1.82, 2.24) is 25.1 Å². The van der Waals surface area contributed by atoms with Gasteiger partial charge < -0.3 is 10.7 Å². The van der Waals surface area contributed by atoms with Gasteiger partial charge in [0.1, 0.15) is 11.6 Å². The summed E-state index contributed by atoms with van der Waals surface area (Å²) in [7, 11) is 0. The number of carbonyl (C=O) groups excluding carboxylic acids is 1. The highest BCUT2D eigenvalue weighted by atomic mass is 16.1. The maximum Gasteiger partial charge on any atom is 0.187 e.